The maximum absolute atomic E-state index is 15.7. The van der Waals surface area contributed by atoms with Crippen LogP contribution in [0.5, 0.6) is 0 Å². The standard InChI is InChI=1S/C36H45FN6O2/c1-4-7-29(19-38-3)40-14-5-8-30(23-40)42(20-26-12-13-39-25(2)16-26)21-27-22-43(28-10-11-28)34-18-35(33(37)17-32(34)36(27)45)41-15-6-9-31(44)24-41/h4,7,12-13,16-19,22,28,30-31,44H,3,5-6,8-11,14-15,20-21,23-24H2,1-2H3/b7-4-,29-19+/t30-,31-/m0/s1. The zero-order valence-corrected chi connectivity index (χ0v) is 26.5. The second-order valence-corrected chi connectivity index (χ2v) is 12.9. The van der Waals surface area contributed by atoms with E-state index >= 15 is 4.39 Å². The molecule has 1 N–H and O–H groups in total. The van der Waals surface area contributed by atoms with Crippen molar-refractivity contribution in [3.8, 4) is 0 Å². The Morgan fingerprint density at radius 3 is 2.71 bits per heavy atom. The van der Waals surface area contributed by atoms with Gasteiger partial charge >= 0.3 is 0 Å². The average molecular weight is 613 g/mol. The van der Waals surface area contributed by atoms with Crippen LogP contribution in [0.2, 0.25) is 0 Å². The van der Waals surface area contributed by atoms with Crippen molar-refractivity contribution in [2.45, 2.75) is 83.6 Å². The van der Waals surface area contributed by atoms with E-state index in [-0.39, 0.29) is 11.5 Å². The van der Waals surface area contributed by atoms with Crippen LogP contribution in [0.15, 0.2) is 70.5 Å². The third-order valence-electron chi connectivity index (χ3n) is 9.41. The highest BCUT2D eigenvalue weighted by Crippen LogP contribution is 2.38. The average Bonchev–Trinajstić information content (AvgIpc) is 3.88. The van der Waals surface area contributed by atoms with Gasteiger partial charge in [-0.25, -0.2) is 4.39 Å². The van der Waals surface area contributed by atoms with Gasteiger partial charge in [0.15, 0.2) is 5.43 Å². The Morgan fingerprint density at radius 1 is 1.16 bits per heavy atom. The Bertz CT molecular complexity index is 1660. The summed E-state index contributed by atoms with van der Waals surface area (Å²) in [4.78, 5) is 29.3. The van der Waals surface area contributed by atoms with Crippen molar-refractivity contribution in [2.24, 2.45) is 4.99 Å². The fourth-order valence-electron chi connectivity index (χ4n) is 7.05. The molecule has 0 unspecified atom stereocenters. The Kier molecular flexibility index (Phi) is 9.47. The number of rotatable bonds is 10. The van der Waals surface area contributed by atoms with E-state index < -0.39 is 11.9 Å². The van der Waals surface area contributed by atoms with Crippen molar-refractivity contribution in [2.75, 3.05) is 31.1 Å². The first-order chi connectivity index (χ1) is 21.8. The van der Waals surface area contributed by atoms with Gasteiger partial charge in [0.25, 0.3) is 0 Å². The van der Waals surface area contributed by atoms with Crippen LogP contribution in [0.1, 0.15) is 68.3 Å². The van der Waals surface area contributed by atoms with Crippen LogP contribution in [0.25, 0.3) is 10.9 Å². The Morgan fingerprint density at radius 2 is 1.98 bits per heavy atom. The Labute approximate surface area is 265 Å². The molecule has 0 radical (unpaired) electrons. The van der Waals surface area contributed by atoms with Gasteiger partial charge in [-0.05, 0) is 95.0 Å². The summed E-state index contributed by atoms with van der Waals surface area (Å²) in [6, 6.07) is 7.93. The molecular weight excluding hydrogens is 567 g/mol. The van der Waals surface area contributed by atoms with Crippen LogP contribution in [0.3, 0.4) is 0 Å². The van der Waals surface area contributed by atoms with Crippen molar-refractivity contribution in [1.82, 2.24) is 19.4 Å². The molecule has 2 aromatic heterocycles. The molecule has 3 fully saturated rings. The van der Waals surface area contributed by atoms with Crippen molar-refractivity contribution >= 4 is 23.3 Å². The van der Waals surface area contributed by atoms with E-state index in [0.717, 1.165) is 74.1 Å². The number of aliphatic hydroxyl groups is 1. The number of piperidine rings is 2. The number of benzene rings is 1. The number of aryl methyl sites for hydroxylation is 1. The van der Waals surface area contributed by atoms with Gasteiger partial charge < -0.3 is 19.5 Å². The highest BCUT2D eigenvalue weighted by molar-refractivity contribution is 5.84. The molecule has 4 heterocycles. The smallest absolute Gasteiger partial charge is 0.193 e. The first kappa shape index (κ1) is 31.2. The molecule has 2 saturated heterocycles. The van der Waals surface area contributed by atoms with E-state index in [0.29, 0.717) is 48.9 Å². The topological polar surface area (TPSA) is 77.2 Å². The number of β-amino-alcohol motifs (C(OH)–C–C–N with tert-alkyl or cyclic N) is 1. The van der Waals surface area contributed by atoms with E-state index in [2.05, 4.69) is 43.2 Å². The van der Waals surface area contributed by atoms with E-state index in [1.165, 1.54) is 6.07 Å². The monoisotopic (exact) mass is 612 g/mol. The molecule has 45 heavy (non-hydrogen) atoms. The fraction of sp³-hybridized carbons (Fsp3) is 0.472. The van der Waals surface area contributed by atoms with Crippen molar-refractivity contribution in [3.63, 3.8) is 0 Å². The first-order valence-corrected chi connectivity index (χ1v) is 16.3. The largest absolute Gasteiger partial charge is 0.391 e. The number of aliphatic hydroxyl groups excluding tert-OH is 1. The molecule has 3 aromatic rings. The maximum Gasteiger partial charge on any atom is 0.193 e. The third-order valence-corrected chi connectivity index (χ3v) is 9.41. The minimum Gasteiger partial charge on any atom is -0.391 e. The summed E-state index contributed by atoms with van der Waals surface area (Å²) < 4.78 is 17.9. The molecule has 238 valence electrons. The molecule has 8 nitrogen and oxygen atoms in total. The molecule has 1 aliphatic carbocycles. The molecule has 2 atom stereocenters. The van der Waals surface area contributed by atoms with E-state index in [1.807, 2.05) is 55.5 Å². The number of hydrogen-bond acceptors (Lipinski definition) is 7. The van der Waals surface area contributed by atoms with Crippen molar-refractivity contribution < 1.29 is 9.50 Å². The molecule has 0 bridgehead atoms. The highest BCUT2D eigenvalue weighted by Gasteiger charge is 2.30. The predicted molar refractivity (Wildman–Crippen MR) is 179 cm³/mol. The summed E-state index contributed by atoms with van der Waals surface area (Å²) in [6.07, 6.45) is 15.0. The first-order valence-electron chi connectivity index (χ1n) is 16.3. The zero-order valence-electron chi connectivity index (χ0n) is 26.5. The van der Waals surface area contributed by atoms with Gasteiger partial charge in [-0.15, -0.1) is 0 Å². The van der Waals surface area contributed by atoms with Crippen LogP contribution >= 0.6 is 0 Å². The summed E-state index contributed by atoms with van der Waals surface area (Å²) in [5.41, 5.74) is 4.97. The normalized spacial score (nSPS) is 21.3. The van der Waals surface area contributed by atoms with Gasteiger partial charge in [0.1, 0.15) is 5.82 Å². The van der Waals surface area contributed by atoms with Crippen LogP contribution in [-0.2, 0) is 13.1 Å². The summed E-state index contributed by atoms with van der Waals surface area (Å²) in [5, 5.41) is 10.7. The molecular formula is C36H45FN6O2. The summed E-state index contributed by atoms with van der Waals surface area (Å²) in [7, 11) is 0. The lowest BCUT2D eigenvalue weighted by Crippen LogP contribution is -2.47. The van der Waals surface area contributed by atoms with Gasteiger partial charge in [0.05, 0.1) is 23.0 Å². The molecule has 9 heteroatoms. The van der Waals surface area contributed by atoms with Gasteiger partial charge in [-0.1, -0.05) is 6.08 Å². The minimum atomic E-state index is -0.467. The van der Waals surface area contributed by atoms with E-state index in [9.17, 15) is 9.90 Å². The van der Waals surface area contributed by atoms with Gasteiger partial charge in [-0.2, -0.15) is 0 Å². The number of anilines is 1. The maximum atomic E-state index is 15.7. The molecule has 2 aliphatic heterocycles. The summed E-state index contributed by atoms with van der Waals surface area (Å²) in [5.74, 6) is -0.403. The van der Waals surface area contributed by atoms with Crippen molar-refractivity contribution in [1.29, 1.82) is 0 Å². The Balaban J connectivity index is 1.38. The number of halogens is 1. The van der Waals surface area contributed by atoms with Crippen LogP contribution in [0, 0.1) is 12.7 Å². The van der Waals surface area contributed by atoms with Gasteiger partial charge in [0.2, 0.25) is 0 Å². The molecule has 0 amide bonds. The molecule has 3 aliphatic rings. The highest BCUT2D eigenvalue weighted by atomic mass is 19.1. The molecule has 1 aromatic carbocycles. The second kappa shape index (κ2) is 13.7. The van der Waals surface area contributed by atoms with Crippen LogP contribution in [0.4, 0.5) is 10.1 Å². The molecule has 1 saturated carbocycles. The van der Waals surface area contributed by atoms with Crippen LogP contribution in [-0.4, -0.2) is 69.5 Å². The number of aliphatic imine (C=N–C) groups is 1. The summed E-state index contributed by atoms with van der Waals surface area (Å²) in [6.45, 7) is 11.7. The van der Waals surface area contributed by atoms with Gasteiger partial charge in [0, 0.05) is 86.6 Å². The lowest BCUT2D eigenvalue weighted by atomic mass is 10.0. The van der Waals surface area contributed by atoms with E-state index in [1.54, 1.807) is 0 Å². The van der Waals surface area contributed by atoms with Gasteiger partial charge in [-0.3, -0.25) is 19.7 Å². The van der Waals surface area contributed by atoms with Crippen LogP contribution < -0.4 is 10.3 Å². The third kappa shape index (κ3) is 7.05. The lowest BCUT2D eigenvalue weighted by molar-refractivity contribution is 0.104. The SMILES string of the molecule is C=N/C=C(\C=C/C)N1CCC[C@H](N(Cc2ccnc(C)c2)Cc2cn(C3CC3)c3cc(N4CCC[C@H](O)C4)c(F)cc3c2=O)C1. The fourth-order valence-corrected chi connectivity index (χ4v) is 7.05. The lowest BCUT2D eigenvalue weighted by Gasteiger charge is -2.41. The predicted octanol–water partition coefficient (Wildman–Crippen LogP) is 5.72. The molecule has 6 rings (SSSR count). The number of hydrogen-bond donors (Lipinski definition) is 1. The minimum absolute atomic E-state index is 0.111. The molecule has 0 spiro atoms. The number of pyridine rings is 2. The number of aromatic nitrogens is 2. The quantitative estimate of drug-likeness (QED) is 0.233. The Hall–Kier alpha value is -3.82. The number of likely N-dealkylation sites (tertiary alicyclic amines) is 1. The second-order valence-electron chi connectivity index (χ2n) is 12.9. The van der Waals surface area contributed by atoms with Crippen molar-refractivity contribution in [3.05, 3.63) is 93.6 Å². The summed E-state index contributed by atoms with van der Waals surface area (Å²) >= 11 is 0. The number of allylic oxidation sites excluding steroid dienone is 2. The zero-order chi connectivity index (χ0) is 31.5. The number of nitrogens with zero attached hydrogens (tertiary/aromatic N) is 6. The number of fused-ring (bicyclic) bond motifs is 1. The van der Waals surface area contributed by atoms with E-state index in [4.69, 9.17) is 0 Å².